The first-order valence-corrected chi connectivity index (χ1v) is 10.0. The highest BCUT2D eigenvalue weighted by Gasteiger charge is 2.27. The van der Waals surface area contributed by atoms with Gasteiger partial charge in [-0.25, -0.2) is 4.99 Å². The molecule has 0 aliphatic rings. The smallest absolute Gasteiger partial charge is 0.367 e. The van der Waals surface area contributed by atoms with E-state index in [-0.39, 0.29) is 30.6 Å². The number of hydrogen-bond donors (Lipinski definition) is 2. The van der Waals surface area contributed by atoms with E-state index in [0.717, 1.165) is 43.0 Å². The molecule has 2 aromatic rings. The standard InChI is InChI=1S/C21H30F3N5O.HI/c1-4-25-20(26-9-6-10-29-17(3)11-16(2)28-29)27-13-18-7-5-8-19(12-18)14-30-15-21(22,23)24;/h5,7-8,11-12H,4,6,9-10,13-15H2,1-3H3,(H2,25,26,27);1H. The molecule has 6 nitrogen and oxygen atoms in total. The monoisotopic (exact) mass is 553 g/mol. The molecule has 0 atom stereocenters. The minimum atomic E-state index is -4.32. The third kappa shape index (κ3) is 10.9. The highest BCUT2D eigenvalue weighted by atomic mass is 127. The van der Waals surface area contributed by atoms with Crippen molar-refractivity contribution >= 4 is 29.9 Å². The predicted octanol–water partition coefficient (Wildman–Crippen LogP) is 4.34. The summed E-state index contributed by atoms with van der Waals surface area (Å²) in [6, 6.07) is 9.30. The lowest BCUT2D eigenvalue weighted by Crippen LogP contribution is -2.38. The second-order valence-electron chi connectivity index (χ2n) is 7.05. The van der Waals surface area contributed by atoms with Crippen molar-refractivity contribution in [1.82, 2.24) is 20.4 Å². The molecule has 0 saturated heterocycles. The largest absolute Gasteiger partial charge is 0.411 e. The summed E-state index contributed by atoms with van der Waals surface area (Å²) in [7, 11) is 0. The summed E-state index contributed by atoms with van der Waals surface area (Å²) in [5.74, 6) is 0.699. The van der Waals surface area contributed by atoms with E-state index in [2.05, 4.69) is 26.8 Å². The third-order valence-electron chi connectivity index (χ3n) is 4.23. The second kappa shape index (κ2) is 13.6. The lowest BCUT2D eigenvalue weighted by atomic mass is 10.1. The summed E-state index contributed by atoms with van der Waals surface area (Å²) in [6.45, 7) is 7.40. The molecule has 0 fully saturated rings. The maximum atomic E-state index is 12.2. The average Bonchev–Trinajstić information content (AvgIpc) is 2.99. The van der Waals surface area contributed by atoms with E-state index >= 15 is 0 Å². The molecule has 0 bridgehead atoms. The molecule has 31 heavy (non-hydrogen) atoms. The molecule has 0 aliphatic heterocycles. The Morgan fingerprint density at radius 1 is 1.16 bits per heavy atom. The maximum absolute atomic E-state index is 12.2. The van der Waals surface area contributed by atoms with Gasteiger partial charge in [0.2, 0.25) is 0 Å². The Balaban J connectivity index is 0.00000480. The van der Waals surface area contributed by atoms with Gasteiger partial charge in [-0.1, -0.05) is 24.3 Å². The van der Waals surface area contributed by atoms with Crippen LogP contribution in [0.25, 0.3) is 0 Å². The van der Waals surface area contributed by atoms with Crippen LogP contribution in [0.5, 0.6) is 0 Å². The predicted molar refractivity (Wildman–Crippen MR) is 127 cm³/mol. The molecule has 0 radical (unpaired) electrons. The van der Waals surface area contributed by atoms with Gasteiger partial charge in [0.05, 0.1) is 18.8 Å². The number of nitrogens with zero attached hydrogens (tertiary/aromatic N) is 3. The van der Waals surface area contributed by atoms with Gasteiger partial charge in [-0.3, -0.25) is 4.68 Å². The summed E-state index contributed by atoms with van der Waals surface area (Å²) in [5, 5.41) is 11.0. The number of ether oxygens (including phenoxy) is 1. The fourth-order valence-electron chi connectivity index (χ4n) is 2.95. The molecular formula is C21H31F3IN5O. The van der Waals surface area contributed by atoms with Crippen molar-refractivity contribution in [3.8, 4) is 0 Å². The number of rotatable bonds is 10. The van der Waals surface area contributed by atoms with Crippen molar-refractivity contribution in [2.75, 3.05) is 19.7 Å². The number of nitrogens with one attached hydrogen (secondary N) is 2. The topological polar surface area (TPSA) is 63.5 Å². The van der Waals surface area contributed by atoms with E-state index in [0.29, 0.717) is 18.1 Å². The highest BCUT2D eigenvalue weighted by molar-refractivity contribution is 14.0. The van der Waals surface area contributed by atoms with Crippen molar-refractivity contribution < 1.29 is 17.9 Å². The zero-order chi connectivity index (χ0) is 22.0. The van der Waals surface area contributed by atoms with Gasteiger partial charge in [-0.05, 0) is 44.4 Å². The normalized spacial score (nSPS) is 11.9. The van der Waals surface area contributed by atoms with Gasteiger partial charge in [0.1, 0.15) is 6.61 Å². The number of aromatic nitrogens is 2. The summed E-state index contributed by atoms with van der Waals surface area (Å²) in [5.41, 5.74) is 3.76. The maximum Gasteiger partial charge on any atom is 0.411 e. The minimum absolute atomic E-state index is 0. The molecule has 2 N–H and O–H groups in total. The van der Waals surface area contributed by atoms with Gasteiger partial charge in [0.25, 0.3) is 0 Å². The fraction of sp³-hybridized carbons (Fsp3) is 0.524. The molecule has 10 heteroatoms. The highest BCUT2D eigenvalue weighted by Crippen LogP contribution is 2.16. The Bertz CT molecular complexity index is 824. The molecule has 2 rings (SSSR count). The number of halogens is 4. The van der Waals surface area contributed by atoms with Gasteiger partial charge in [0, 0.05) is 25.3 Å². The minimum Gasteiger partial charge on any atom is -0.367 e. The van der Waals surface area contributed by atoms with Crippen LogP contribution in [-0.2, 0) is 24.4 Å². The fourth-order valence-corrected chi connectivity index (χ4v) is 2.95. The molecule has 0 spiro atoms. The Labute approximate surface area is 198 Å². The lowest BCUT2D eigenvalue weighted by Gasteiger charge is -2.12. The number of benzene rings is 1. The van der Waals surface area contributed by atoms with Crippen LogP contribution < -0.4 is 10.6 Å². The van der Waals surface area contributed by atoms with Crippen molar-refractivity contribution in [2.24, 2.45) is 4.99 Å². The van der Waals surface area contributed by atoms with Crippen LogP contribution in [0, 0.1) is 13.8 Å². The molecule has 1 heterocycles. The van der Waals surface area contributed by atoms with Gasteiger partial charge in [-0.2, -0.15) is 18.3 Å². The molecule has 174 valence electrons. The Hall–Kier alpha value is -1.82. The zero-order valence-corrected chi connectivity index (χ0v) is 20.5. The van der Waals surface area contributed by atoms with Crippen LogP contribution in [0.4, 0.5) is 13.2 Å². The number of alkyl halides is 3. The van der Waals surface area contributed by atoms with Crippen molar-refractivity contribution in [3.05, 3.63) is 52.8 Å². The molecule has 0 aliphatic carbocycles. The van der Waals surface area contributed by atoms with E-state index in [1.54, 1.807) is 12.1 Å². The van der Waals surface area contributed by atoms with Crippen molar-refractivity contribution in [2.45, 2.75) is 53.1 Å². The third-order valence-corrected chi connectivity index (χ3v) is 4.23. The van der Waals surface area contributed by atoms with Crippen LogP contribution in [0.2, 0.25) is 0 Å². The van der Waals surface area contributed by atoms with Crippen LogP contribution in [0.1, 0.15) is 35.9 Å². The quantitative estimate of drug-likeness (QED) is 0.199. The van der Waals surface area contributed by atoms with Gasteiger partial charge in [-0.15, -0.1) is 24.0 Å². The Morgan fingerprint density at radius 3 is 2.55 bits per heavy atom. The Kier molecular flexibility index (Phi) is 11.9. The molecule has 1 aromatic carbocycles. The molecule has 0 amide bonds. The van der Waals surface area contributed by atoms with Gasteiger partial charge < -0.3 is 15.4 Å². The molecular weight excluding hydrogens is 522 g/mol. The average molecular weight is 553 g/mol. The summed E-state index contributed by atoms with van der Waals surface area (Å²) in [4.78, 5) is 4.56. The van der Waals surface area contributed by atoms with Crippen molar-refractivity contribution in [1.29, 1.82) is 0 Å². The van der Waals surface area contributed by atoms with Gasteiger partial charge >= 0.3 is 6.18 Å². The van der Waals surface area contributed by atoms with Crippen molar-refractivity contribution in [3.63, 3.8) is 0 Å². The van der Waals surface area contributed by atoms with E-state index in [9.17, 15) is 13.2 Å². The molecule has 1 aromatic heterocycles. The van der Waals surface area contributed by atoms with E-state index in [1.165, 1.54) is 0 Å². The van der Waals surface area contributed by atoms with E-state index in [1.807, 2.05) is 37.6 Å². The first-order chi connectivity index (χ1) is 14.3. The molecule has 0 saturated carbocycles. The summed E-state index contributed by atoms with van der Waals surface area (Å²) in [6.07, 6.45) is -3.42. The summed E-state index contributed by atoms with van der Waals surface area (Å²) >= 11 is 0. The Morgan fingerprint density at radius 2 is 1.90 bits per heavy atom. The van der Waals surface area contributed by atoms with Crippen LogP contribution in [0.3, 0.4) is 0 Å². The molecule has 0 unspecified atom stereocenters. The van der Waals surface area contributed by atoms with Crippen LogP contribution in [0.15, 0.2) is 35.3 Å². The van der Waals surface area contributed by atoms with E-state index < -0.39 is 12.8 Å². The number of hydrogen-bond acceptors (Lipinski definition) is 3. The number of guanidine groups is 1. The second-order valence-corrected chi connectivity index (χ2v) is 7.05. The SMILES string of the molecule is CCNC(=NCc1cccc(COCC(F)(F)F)c1)NCCCn1nc(C)cc1C.I. The summed E-state index contributed by atoms with van der Waals surface area (Å²) < 4.78 is 43.3. The first-order valence-electron chi connectivity index (χ1n) is 10.0. The van der Waals surface area contributed by atoms with Crippen LogP contribution >= 0.6 is 24.0 Å². The first kappa shape index (κ1) is 27.2. The van der Waals surface area contributed by atoms with Gasteiger partial charge in [0.15, 0.2) is 5.96 Å². The number of aliphatic imine (C=N–C) groups is 1. The van der Waals surface area contributed by atoms with Crippen LogP contribution in [-0.4, -0.2) is 41.6 Å². The zero-order valence-electron chi connectivity index (χ0n) is 18.1. The lowest BCUT2D eigenvalue weighted by molar-refractivity contribution is -0.176. The van der Waals surface area contributed by atoms with E-state index in [4.69, 9.17) is 4.74 Å². The number of aryl methyl sites for hydroxylation is 3.